The van der Waals surface area contributed by atoms with Crippen LogP contribution in [0, 0.1) is 0 Å². The molecule has 1 N–H and O–H groups in total. The molecule has 1 amide bonds. The number of benzene rings is 1. The van der Waals surface area contributed by atoms with Crippen molar-refractivity contribution in [3.05, 3.63) is 51.7 Å². The maximum Gasteiger partial charge on any atom is 0.261 e. The molecule has 2 aromatic rings. The summed E-state index contributed by atoms with van der Waals surface area (Å²) in [5.41, 5.74) is 2.16. The Labute approximate surface area is 157 Å². The molecule has 2 heterocycles. The highest BCUT2D eigenvalue weighted by atomic mass is 32.2. The van der Waals surface area contributed by atoms with Crippen molar-refractivity contribution in [2.75, 3.05) is 26.0 Å². The van der Waals surface area contributed by atoms with Gasteiger partial charge in [0.2, 0.25) is 10.0 Å². The molecule has 8 heteroatoms. The summed E-state index contributed by atoms with van der Waals surface area (Å²) in [5, 5.41) is 4.60. The Hall–Kier alpha value is -1.90. The zero-order valence-electron chi connectivity index (χ0n) is 14.6. The van der Waals surface area contributed by atoms with Crippen molar-refractivity contribution in [1.82, 2.24) is 9.62 Å². The lowest BCUT2D eigenvalue weighted by atomic mass is 10.0. The minimum atomic E-state index is -3.34. The SMILES string of the molecule is COc1ccc2c(c1)CCN(S(=O)(=O)CCCNC(=O)c1cccs1)C2. The van der Waals surface area contributed by atoms with Crippen LogP contribution in [0.2, 0.25) is 0 Å². The summed E-state index contributed by atoms with van der Waals surface area (Å²) in [5.74, 6) is 0.670. The lowest BCUT2D eigenvalue weighted by molar-refractivity contribution is 0.0957. The quantitative estimate of drug-likeness (QED) is 0.731. The van der Waals surface area contributed by atoms with E-state index in [9.17, 15) is 13.2 Å². The lowest BCUT2D eigenvalue weighted by Gasteiger charge is -2.28. The van der Waals surface area contributed by atoms with Gasteiger partial charge in [-0.25, -0.2) is 8.42 Å². The zero-order chi connectivity index (χ0) is 18.6. The number of amides is 1. The fraction of sp³-hybridized carbons (Fsp3) is 0.389. The number of nitrogens with one attached hydrogen (secondary N) is 1. The molecule has 0 aliphatic carbocycles. The molecule has 6 nitrogen and oxygen atoms in total. The molecule has 1 aliphatic rings. The number of hydrogen-bond acceptors (Lipinski definition) is 5. The first-order valence-corrected chi connectivity index (χ1v) is 10.9. The summed E-state index contributed by atoms with van der Waals surface area (Å²) in [4.78, 5) is 12.5. The Balaban J connectivity index is 1.51. The first kappa shape index (κ1) is 18.9. The van der Waals surface area contributed by atoms with Crippen LogP contribution in [0.3, 0.4) is 0 Å². The van der Waals surface area contributed by atoms with Crippen LogP contribution in [0.25, 0.3) is 0 Å². The van der Waals surface area contributed by atoms with Crippen LogP contribution in [-0.2, 0) is 23.0 Å². The van der Waals surface area contributed by atoms with E-state index < -0.39 is 10.0 Å². The summed E-state index contributed by atoms with van der Waals surface area (Å²) in [7, 11) is -1.72. The molecule has 0 fully saturated rings. The zero-order valence-corrected chi connectivity index (χ0v) is 16.2. The van der Waals surface area contributed by atoms with Gasteiger partial charge in [0.05, 0.1) is 17.7 Å². The van der Waals surface area contributed by atoms with E-state index in [4.69, 9.17) is 4.74 Å². The first-order chi connectivity index (χ1) is 12.5. The minimum Gasteiger partial charge on any atom is -0.497 e. The van der Waals surface area contributed by atoms with E-state index >= 15 is 0 Å². The molecule has 0 unspecified atom stereocenters. The van der Waals surface area contributed by atoms with Gasteiger partial charge in [0.1, 0.15) is 5.75 Å². The van der Waals surface area contributed by atoms with Crippen molar-refractivity contribution in [3.63, 3.8) is 0 Å². The van der Waals surface area contributed by atoms with Gasteiger partial charge in [-0.2, -0.15) is 4.31 Å². The van der Waals surface area contributed by atoms with E-state index in [0.717, 1.165) is 16.9 Å². The minimum absolute atomic E-state index is 0.0310. The van der Waals surface area contributed by atoms with Crippen molar-refractivity contribution in [2.24, 2.45) is 0 Å². The van der Waals surface area contributed by atoms with Crippen LogP contribution in [0.1, 0.15) is 27.2 Å². The van der Waals surface area contributed by atoms with Gasteiger partial charge in [0, 0.05) is 19.6 Å². The first-order valence-electron chi connectivity index (χ1n) is 8.45. The molecule has 0 saturated carbocycles. The largest absolute Gasteiger partial charge is 0.497 e. The number of rotatable bonds is 7. The number of nitrogens with zero attached hydrogens (tertiary/aromatic N) is 1. The predicted molar refractivity (Wildman–Crippen MR) is 102 cm³/mol. The Morgan fingerprint density at radius 2 is 2.15 bits per heavy atom. The van der Waals surface area contributed by atoms with Gasteiger partial charge in [-0.05, 0) is 47.5 Å². The van der Waals surface area contributed by atoms with E-state index in [1.165, 1.54) is 15.6 Å². The van der Waals surface area contributed by atoms with Gasteiger partial charge < -0.3 is 10.1 Å². The Morgan fingerprint density at radius 3 is 2.88 bits per heavy atom. The molecule has 1 aliphatic heterocycles. The van der Waals surface area contributed by atoms with Crippen molar-refractivity contribution < 1.29 is 17.9 Å². The monoisotopic (exact) mass is 394 g/mol. The van der Waals surface area contributed by atoms with E-state index in [1.807, 2.05) is 29.6 Å². The average Bonchev–Trinajstić information content (AvgIpc) is 3.19. The highest BCUT2D eigenvalue weighted by molar-refractivity contribution is 7.89. The number of thiophene rings is 1. The highest BCUT2D eigenvalue weighted by Crippen LogP contribution is 2.25. The molecule has 1 aromatic heterocycles. The normalized spacial score (nSPS) is 14.7. The van der Waals surface area contributed by atoms with Gasteiger partial charge >= 0.3 is 0 Å². The van der Waals surface area contributed by atoms with E-state index in [1.54, 1.807) is 13.2 Å². The van der Waals surface area contributed by atoms with Crippen LogP contribution in [0.5, 0.6) is 5.75 Å². The molecule has 1 aromatic carbocycles. The molecule has 3 rings (SSSR count). The van der Waals surface area contributed by atoms with E-state index in [2.05, 4.69) is 5.32 Å². The van der Waals surface area contributed by atoms with Crippen molar-refractivity contribution in [1.29, 1.82) is 0 Å². The molecule has 0 saturated heterocycles. The Morgan fingerprint density at radius 1 is 1.31 bits per heavy atom. The smallest absolute Gasteiger partial charge is 0.261 e. The molecular formula is C18H22N2O4S2. The van der Waals surface area contributed by atoms with Gasteiger partial charge in [-0.1, -0.05) is 12.1 Å². The van der Waals surface area contributed by atoms with E-state index in [0.29, 0.717) is 37.4 Å². The second-order valence-corrected chi connectivity index (χ2v) is 9.16. The number of hydrogen-bond donors (Lipinski definition) is 1. The van der Waals surface area contributed by atoms with Crippen molar-refractivity contribution in [2.45, 2.75) is 19.4 Å². The molecule has 0 radical (unpaired) electrons. The number of fused-ring (bicyclic) bond motifs is 1. The maximum absolute atomic E-state index is 12.6. The van der Waals surface area contributed by atoms with Gasteiger partial charge in [0.15, 0.2) is 0 Å². The number of carbonyl (C=O) groups is 1. The average molecular weight is 395 g/mol. The molecular weight excluding hydrogens is 372 g/mol. The molecule has 0 bridgehead atoms. The summed E-state index contributed by atoms with van der Waals surface area (Å²) in [6.07, 6.45) is 1.08. The third-order valence-corrected chi connectivity index (χ3v) is 7.17. The van der Waals surface area contributed by atoms with Crippen LogP contribution >= 0.6 is 11.3 Å². The highest BCUT2D eigenvalue weighted by Gasteiger charge is 2.26. The second-order valence-electron chi connectivity index (χ2n) is 6.12. The molecule has 140 valence electrons. The fourth-order valence-electron chi connectivity index (χ4n) is 2.95. The van der Waals surface area contributed by atoms with Crippen LogP contribution in [0.4, 0.5) is 0 Å². The number of ether oxygens (including phenoxy) is 1. The summed E-state index contributed by atoms with van der Waals surface area (Å²) in [6.45, 7) is 1.21. The van der Waals surface area contributed by atoms with E-state index in [-0.39, 0.29) is 11.7 Å². The molecule has 26 heavy (non-hydrogen) atoms. The Bertz CT molecular complexity index is 863. The van der Waals surface area contributed by atoms with Crippen LogP contribution in [-0.4, -0.2) is 44.6 Å². The van der Waals surface area contributed by atoms with Gasteiger partial charge in [0.25, 0.3) is 5.91 Å². The molecule has 0 spiro atoms. The van der Waals surface area contributed by atoms with Crippen LogP contribution in [0.15, 0.2) is 35.7 Å². The number of sulfonamides is 1. The van der Waals surface area contributed by atoms with Crippen molar-refractivity contribution in [3.8, 4) is 5.75 Å². The maximum atomic E-state index is 12.6. The van der Waals surface area contributed by atoms with Crippen LogP contribution < -0.4 is 10.1 Å². The third-order valence-electron chi connectivity index (χ3n) is 4.39. The fourth-order valence-corrected chi connectivity index (χ4v) is 5.06. The topological polar surface area (TPSA) is 75.7 Å². The van der Waals surface area contributed by atoms with Gasteiger partial charge in [-0.3, -0.25) is 4.79 Å². The Kier molecular flexibility index (Phi) is 5.95. The second kappa shape index (κ2) is 8.20. The number of methoxy groups -OCH3 is 1. The summed E-state index contributed by atoms with van der Waals surface area (Å²) < 4.78 is 31.9. The number of carbonyl (C=O) groups excluding carboxylic acids is 1. The molecule has 0 atom stereocenters. The predicted octanol–water partition coefficient (Wildman–Crippen LogP) is 2.26. The summed E-state index contributed by atoms with van der Waals surface area (Å²) >= 11 is 1.37. The lowest BCUT2D eigenvalue weighted by Crippen LogP contribution is -2.38. The van der Waals surface area contributed by atoms with Crippen molar-refractivity contribution >= 4 is 27.3 Å². The third kappa shape index (κ3) is 4.44. The summed E-state index contributed by atoms with van der Waals surface area (Å²) in [6, 6.07) is 9.32. The van der Waals surface area contributed by atoms with Gasteiger partial charge in [-0.15, -0.1) is 11.3 Å². The standard InChI is InChI=1S/C18H22N2O4S2/c1-24-16-6-5-15-13-20(9-7-14(15)12-16)26(22,23)11-3-8-19-18(21)17-4-2-10-25-17/h2,4-6,10,12H,3,7-9,11,13H2,1H3,(H,19,21).